The number of unbranched alkanes of at least 4 members (excludes halogenated alkanes) is 33. The van der Waals surface area contributed by atoms with E-state index in [-0.39, 0.29) is 31.1 Å². The lowest BCUT2D eigenvalue weighted by molar-refractivity contribution is -0.167. The van der Waals surface area contributed by atoms with Crippen LogP contribution in [-0.2, 0) is 28.6 Å². The molecule has 0 bridgehead atoms. The minimum absolute atomic E-state index is 0.0826. The summed E-state index contributed by atoms with van der Waals surface area (Å²) in [7, 11) is 0. The van der Waals surface area contributed by atoms with Crippen molar-refractivity contribution in [3.63, 3.8) is 0 Å². The van der Waals surface area contributed by atoms with Crippen LogP contribution < -0.4 is 0 Å². The van der Waals surface area contributed by atoms with Crippen molar-refractivity contribution in [2.24, 2.45) is 0 Å². The lowest BCUT2D eigenvalue weighted by Gasteiger charge is -2.18. The van der Waals surface area contributed by atoms with Crippen LogP contribution in [0.5, 0.6) is 0 Å². The van der Waals surface area contributed by atoms with Gasteiger partial charge in [-0.2, -0.15) is 0 Å². The Bertz CT molecular complexity index is 1530. The van der Waals surface area contributed by atoms with E-state index < -0.39 is 6.10 Å². The van der Waals surface area contributed by atoms with Gasteiger partial charge in [-0.05, 0) is 116 Å². The zero-order valence-corrected chi connectivity index (χ0v) is 51.4. The second-order valence-corrected chi connectivity index (χ2v) is 22.0. The van der Waals surface area contributed by atoms with E-state index in [0.29, 0.717) is 19.3 Å². The molecule has 6 heteroatoms. The van der Waals surface area contributed by atoms with Crippen molar-refractivity contribution in [3.05, 3.63) is 97.2 Å². The molecule has 1 unspecified atom stereocenters. The van der Waals surface area contributed by atoms with Crippen LogP contribution in [-0.4, -0.2) is 37.2 Å². The van der Waals surface area contributed by atoms with Crippen molar-refractivity contribution in [1.82, 2.24) is 0 Å². The van der Waals surface area contributed by atoms with E-state index in [1.165, 1.54) is 173 Å². The van der Waals surface area contributed by atoms with Gasteiger partial charge >= 0.3 is 17.9 Å². The van der Waals surface area contributed by atoms with Crippen molar-refractivity contribution in [2.75, 3.05) is 13.2 Å². The molecule has 0 aromatic carbocycles. The van der Waals surface area contributed by atoms with Crippen LogP contribution in [0, 0.1) is 0 Å². The molecule has 0 saturated carbocycles. The minimum atomic E-state index is -0.787. The van der Waals surface area contributed by atoms with Gasteiger partial charge < -0.3 is 14.2 Å². The summed E-state index contributed by atoms with van der Waals surface area (Å²) in [6.45, 7) is 6.50. The standard InChI is InChI=1S/C72H124O6/c1-4-7-10-13-16-19-22-25-28-30-31-32-33-34-35-36-37-38-39-40-41-43-44-47-50-53-56-59-62-65-71(74)77-68-69(67-76-70(73)64-61-58-55-52-49-46-27-24-21-18-15-12-9-6-3)78-72(75)66-63-60-57-54-51-48-45-42-29-26-23-20-17-14-11-8-5-2/h7,10,15-16,18-19,24-29,31-32,34-35,69H,4-6,8-9,11-14,17,20-23,30,33,36-68H2,1-3H3/b10-7-,18-15-,19-16-,27-24-,28-25-,29-26-,32-31-,35-34-. The summed E-state index contributed by atoms with van der Waals surface area (Å²) in [5, 5.41) is 0. The summed E-state index contributed by atoms with van der Waals surface area (Å²) >= 11 is 0. The molecule has 0 aliphatic rings. The Hall–Kier alpha value is -3.67. The molecule has 0 heterocycles. The number of ether oxygens (including phenoxy) is 3. The molecule has 0 aromatic heterocycles. The second-order valence-electron chi connectivity index (χ2n) is 22.0. The van der Waals surface area contributed by atoms with Crippen molar-refractivity contribution >= 4 is 17.9 Å². The molecular weight excluding hydrogens is 961 g/mol. The molecule has 0 aromatic rings. The molecule has 6 nitrogen and oxygen atoms in total. The van der Waals surface area contributed by atoms with Gasteiger partial charge in [0.15, 0.2) is 6.10 Å². The van der Waals surface area contributed by atoms with Gasteiger partial charge in [0.25, 0.3) is 0 Å². The molecule has 448 valence electrons. The molecule has 0 radical (unpaired) electrons. The summed E-state index contributed by atoms with van der Waals surface area (Å²) < 4.78 is 16.9. The predicted molar refractivity (Wildman–Crippen MR) is 339 cm³/mol. The maximum atomic E-state index is 12.9. The number of hydrogen-bond donors (Lipinski definition) is 0. The number of esters is 3. The van der Waals surface area contributed by atoms with Gasteiger partial charge in [0.05, 0.1) is 0 Å². The fraction of sp³-hybridized carbons (Fsp3) is 0.736. The Balaban J connectivity index is 4.27. The van der Waals surface area contributed by atoms with Gasteiger partial charge in [0, 0.05) is 19.3 Å². The molecular formula is C72H124O6. The lowest BCUT2D eigenvalue weighted by Crippen LogP contribution is -2.30. The Kier molecular flexibility index (Phi) is 62.7. The fourth-order valence-corrected chi connectivity index (χ4v) is 9.31. The van der Waals surface area contributed by atoms with Crippen LogP contribution in [0.25, 0.3) is 0 Å². The second kappa shape index (κ2) is 65.8. The maximum Gasteiger partial charge on any atom is 0.306 e. The van der Waals surface area contributed by atoms with E-state index in [9.17, 15) is 14.4 Å². The SMILES string of the molecule is CC/C=C\C/C=C\C/C=C\C/C=C\C/C=C\CCCCCCCCCCCCCCCC(=O)OCC(COC(=O)CCCCCCC/C=C\C/C=C\CCCC)OC(=O)CCCCCCCCC/C=C\CCCCCCCC. The van der Waals surface area contributed by atoms with E-state index in [2.05, 4.69) is 118 Å². The topological polar surface area (TPSA) is 78.9 Å². The average molecular weight is 1090 g/mol. The van der Waals surface area contributed by atoms with Crippen LogP contribution >= 0.6 is 0 Å². The zero-order valence-electron chi connectivity index (χ0n) is 51.4. The van der Waals surface area contributed by atoms with Crippen LogP contribution in [0.1, 0.15) is 323 Å². The van der Waals surface area contributed by atoms with Crippen LogP contribution in [0.3, 0.4) is 0 Å². The highest BCUT2D eigenvalue weighted by atomic mass is 16.6. The summed E-state index contributed by atoms with van der Waals surface area (Å²) in [5.41, 5.74) is 0. The highest BCUT2D eigenvalue weighted by Crippen LogP contribution is 2.16. The van der Waals surface area contributed by atoms with Gasteiger partial charge in [-0.25, -0.2) is 0 Å². The van der Waals surface area contributed by atoms with Gasteiger partial charge in [0.2, 0.25) is 0 Å². The van der Waals surface area contributed by atoms with Crippen molar-refractivity contribution in [1.29, 1.82) is 0 Å². The molecule has 0 rings (SSSR count). The normalized spacial score (nSPS) is 12.7. The third kappa shape index (κ3) is 63.2. The first-order valence-electron chi connectivity index (χ1n) is 33.2. The van der Waals surface area contributed by atoms with Crippen molar-refractivity contribution < 1.29 is 28.6 Å². The molecule has 0 aliphatic carbocycles. The van der Waals surface area contributed by atoms with Crippen LogP contribution in [0.15, 0.2) is 97.2 Å². The number of carbonyl (C=O) groups is 3. The number of carbonyl (C=O) groups excluding carboxylic acids is 3. The molecule has 1 atom stereocenters. The van der Waals surface area contributed by atoms with Gasteiger partial charge in [-0.1, -0.05) is 285 Å². The molecule has 0 amide bonds. The third-order valence-corrected chi connectivity index (χ3v) is 14.3. The van der Waals surface area contributed by atoms with E-state index >= 15 is 0 Å². The van der Waals surface area contributed by atoms with E-state index in [1.807, 2.05) is 0 Å². The first kappa shape index (κ1) is 74.3. The molecule has 78 heavy (non-hydrogen) atoms. The van der Waals surface area contributed by atoms with Gasteiger partial charge in [0.1, 0.15) is 13.2 Å². The first-order chi connectivity index (χ1) is 38.5. The predicted octanol–water partition coefficient (Wildman–Crippen LogP) is 22.8. The number of allylic oxidation sites excluding steroid dienone is 16. The van der Waals surface area contributed by atoms with Gasteiger partial charge in [-0.3, -0.25) is 14.4 Å². The molecule has 0 saturated heterocycles. The Morgan fingerprint density at radius 2 is 0.513 bits per heavy atom. The number of rotatable bonds is 60. The van der Waals surface area contributed by atoms with Crippen molar-refractivity contribution in [2.45, 2.75) is 329 Å². The van der Waals surface area contributed by atoms with E-state index in [0.717, 1.165) is 109 Å². The Morgan fingerprint density at radius 3 is 0.833 bits per heavy atom. The first-order valence-corrected chi connectivity index (χ1v) is 33.2. The lowest BCUT2D eigenvalue weighted by atomic mass is 10.0. The molecule has 0 fully saturated rings. The van der Waals surface area contributed by atoms with Crippen molar-refractivity contribution in [3.8, 4) is 0 Å². The quantitative estimate of drug-likeness (QED) is 0.0261. The average Bonchev–Trinajstić information content (AvgIpc) is 3.44. The summed E-state index contributed by atoms with van der Waals surface area (Å²) in [5.74, 6) is -0.890. The zero-order chi connectivity index (χ0) is 56.4. The largest absolute Gasteiger partial charge is 0.462 e. The molecule has 0 N–H and O–H groups in total. The van der Waals surface area contributed by atoms with Crippen LogP contribution in [0.4, 0.5) is 0 Å². The summed E-state index contributed by atoms with van der Waals surface area (Å²) in [6.07, 6.45) is 88.5. The highest BCUT2D eigenvalue weighted by Gasteiger charge is 2.19. The Labute approximate surface area is 483 Å². The minimum Gasteiger partial charge on any atom is -0.462 e. The monoisotopic (exact) mass is 1080 g/mol. The van der Waals surface area contributed by atoms with E-state index in [1.54, 1.807) is 0 Å². The summed E-state index contributed by atoms with van der Waals surface area (Å²) in [6, 6.07) is 0. The molecule has 0 spiro atoms. The fourth-order valence-electron chi connectivity index (χ4n) is 9.31. The maximum absolute atomic E-state index is 12.9. The third-order valence-electron chi connectivity index (χ3n) is 14.3. The molecule has 0 aliphatic heterocycles. The van der Waals surface area contributed by atoms with E-state index in [4.69, 9.17) is 14.2 Å². The van der Waals surface area contributed by atoms with Gasteiger partial charge in [-0.15, -0.1) is 0 Å². The summed E-state index contributed by atoms with van der Waals surface area (Å²) in [4.78, 5) is 38.3. The Morgan fingerprint density at radius 1 is 0.269 bits per heavy atom. The van der Waals surface area contributed by atoms with Crippen LogP contribution in [0.2, 0.25) is 0 Å². The smallest absolute Gasteiger partial charge is 0.306 e. The highest BCUT2D eigenvalue weighted by molar-refractivity contribution is 5.71. The number of hydrogen-bond acceptors (Lipinski definition) is 6.